The summed E-state index contributed by atoms with van der Waals surface area (Å²) in [6.45, 7) is 0. The molecule has 1 aromatic carbocycles. The lowest BCUT2D eigenvalue weighted by Gasteiger charge is -2.00. The lowest BCUT2D eigenvalue weighted by Crippen LogP contribution is -2.02. The van der Waals surface area contributed by atoms with E-state index in [9.17, 15) is 9.18 Å². The van der Waals surface area contributed by atoms with Crippen LogP contribution in [-0.4, -0.2) is 16.1 Å². The van der Waals surface area contributed by atoms with Gasteiger partial charge in [0.05, 0.1) is 0 Å². The van der Waals surface area contributed by atoms with Crippen LogP contribution in [0.2, 0.25) is 0 Å². The second-order valence-electron chi connectivity index (χ2n) is 3.20. The van der Waals surface area contributed by atoms with Gasteiger partial charge in [-0.25, -0.2) is 14.2 Å². The number of halogens is 1. The van der Waals surface area contributed by atoms with E-state index in [4.69, 9.17) is 9.52 Å². The first kappa shape index (κ1) is 10.4. The molecule has 0 aliphatic heterocycles. The van der Waals surface area contributed by atoms with E-state index in [0.717, 1.165) is 6.39 Å². The van der Waals surface area contributed by atoms with Crippen molar-refractivity contribution in [1.29, 1.82) is 0 Å². The van der Waals surface area contributed by atoms with E-state index in [1.807, 2.05) is 0 Å². The minimum atomic E-state index is -1.18. The van der Waals surface area contributed by atoms with Gasteiger partial charge in [-0.1, -0.05) is 18.2 Å². The molecule has 0 saturated carbocycles. The Morgan fingerprint density at radius 3 is 2.88 bits per heavy atom. The highest BCUT2D eigenvalue weighted by atomic mass is 19.1. The normalized spacial score (nSPS) is 10.3. The fraction of sp³-hybridized carbons (Fsp3) is 0.0909. The standard InChI is InChI=1S/C11H8FNO3/c12-8-4-2-1-3-7(8)5-9-10(11(14)15)13-6-16-9/h1-4,6H,5H2,(H,14,15). The molecular formula is C11H8FNO3. The molecular weight excluding hydrogens is 213 g/mol. The fourth-order valence-corrected chi connectivity index (χ4v) is 1.39. The van der Waals surface area contributed by atoms with Crippen molar-refractivity contribution in [1.82, 2.24) is 4.98 Å². The Hall–Kier alpha value is -2.17. The van der Waals surface area contributed by atoms with Gasteiger partial charge in [-0.2, -0.15) is 0 Å². The van der Waals surface area contributed by atoms with E-state index in [1.54, 1.807) is 18.2 Å². The number of oxazole rings is 1. The average molecular weight is 221 g/mol. The first-order valence-corrected chi connectivity index (χ1v) is 4.57. The highest BCUT2D eigenvalue weighted by Gasteiger charge is 2.16. The van der Waals surface area contributed by atoms with Gasteiger partial charge in [-0.15, -0.1) is 0 Å². The van der Waals surface area contributed by atoms with Crippen LogP contribution in [0.4, 0.5) is 4.39 Å². The Labute approximate surface area is 90.4 Å². The summed E-state index contributed by atoms with van der Waals surface area (Å²) in [7, 11) is 0. The maximum Gasteiger partial charge on any atom is 0.358 e. The number of aromatic nitrogens is 1. The largest absolute Gasteiger partial charge is 0.476 e. The van der Waals surface area contributed by atoms with Crippen LogP contribution < -0.4 is 0 Å². The zero-order valence-electron chi connectivity index (χ0n) is 8.18. The molecule has 0 bridgehead atoms. The van der Waals surface area contributed by atoms with E-state index in [0.29, 0.717) is 5.56 Å². The molecule has 0 spiro atoms. The highest BCUT2D eigenvalue weighted by molar-refractivity contribution is 5.86. The molecule has 0 unspecified atom stereocenters. The second-order valence-corrected chi connectivity index (χ2v) is 3.20. The summed E-state index contributed by atoms with van der Waals surface area (Å²) in [4.78, 5) is 14.3. The molecule has 82 valence electrons. The van der Waals surface area contributed by atoms with Crippen LogP contribution in [0, 0.1) is 5.82 Å². The third kappa shape index (κ3) is 1.93. The molecule has 1 aromatic heterocycles. The molecule has 0 saturated heterocycles. The molecule has 16 heavy (non-hydrogen) atoms. The van der Waals surface area contributed by atoms with Gasteiger partial charge in [-0.05, 0) is 11.6 Å². The van der Waals surface area contributed by atoms with Crippen LogP contribution in [0.25, 0.3) is 0 Å². The number of hydrogen-bond donors (Lipinski definition) is 1. The topological polar surface area (TPSA) is 63.3 Å². The quantitative estimate of drug-likeness (QED) is 0.862. The zero-order valence-corrected chi connectivity index (χ0v) is 8.18. The van der Waals surface area contributed by atoms with Crippen molar-refractivity contribution in [2.75, 3.05) is 0 Å². The monoisotopic (exact) mass is 221 g/mol. The number of rotatable bonds is 3. The van der Waals surface area contributed by atoms with E-state index in [2.05, 4.69) is 4.98 Å². The van der Waals surface area contributed by atoms with Gasteiger partial charge in [-0.3, -0.25) is 0 Å². The minimum Gasteiger partial charge on any atom is -0.476 e. The Kier molecular flexibility index (Phi) is 2.68. The highest BCUT2D eigenvalue weighted by Crippen LogP contribution is 2.15. The number of benzene rings is 1. The molecule has 5 heteroatoms. The van der Waals surface area contributed by atoms with Gasteiger partial charge < -0.3 is 9.52 Å². The molecule has 0 aliphatic rings. The van der Waals surface area contributed by atoms with Gasteiger partial charge in [0.2, 0.25) is 0 Å². The Morgan fingerprint density at radius 1 is 1.44 bits per heavy atom. The molecule has 4 nitrogen and oxygen atoms in total. The van der Waals surface area contributed by atoms with Crippen LogP contribution >= 0.6 is 0 Å². The number of hydrogen-bond acceptors (Lipinski definition) is 3. The smallest absolute Gasteiger partial charge is 0.358 e. The van der Waals surface area contributed by atoms with Crippen molar-refractivity contribution in [2.24, 2.45) is 0 Å². The van der Waals surface area contributed by atoms with Gasteiger partial charge in [0, 0.05) is 6.42 Å². The second kappa shape index (κ2) is 4.14. The van der Waals surface area contributed by atoms with Crippen LogP contribution in [0.5, 0.6) is 0 Å². The number of nitrogens with zero attached hydrogens (tertiary/aromatic N) is 1. The van der Waals surface area contributed by atoms with Crippen LogP contribution in [-0.2, 0) is 6.42 Å². The summed E-state index contributed by atoms with van der Waals surface area (Å²) < 4.78 is 18.2. The summed E-state index contributed by atoms with van der Waals surface area (Å²) in [6.07, 6.45) is 1.12. The third-order valence-corrected chi connectivity index (χ3v) is 2.15. The maximum atomic E-state index is 13.3. The number of carboxylic acids is 1. The van der Waals surface area contributed by atoms with E-state index in [-0.39, 0.29) is 17.9 Å². The number of aromatic carboxylic acids is 1. The average Bonchev–Trinajstić information content (AvgIpc) is 2.69. The van der Waals surface area contributed by atoms with E-state index in [1.165, 1.54) is 6.07 Å². The Morgan fingerprint density at radius 2 is 2.19 bits per heavy atom. The predicted octanol–water partition coefficient (Wildman–Crippen LogP) is 2.10. The fourth-order valence-electron chi connectivity index (χ4n) is 1.39. The van der Waals surface area contributed by atoms with Crippen LogP contribution in [0.1, 0.15) is 21.8 Å². The summed E-state index contributed by atoms with van der Waals surface area (Å²) in [6, 6.07) is 6.13. The SMILES string of the molecule is O=C(O)c1ncoc1Cc1ccccc1F. The molecule has 0 fully saturated rings. The third-order valence-electron chi connectivity index (χ3n) is 2.15. The first-order chi connectivity index (χ1) is 7.68. The molecule has 0 atom stereocenters. The van der Waals surface area contributed by atoms with E-state index < -0.39 is 11.8 Å². The molecule has 2 rings (SSSR count). The summed E-state index contributed by atoms with van der Waals surface area (Å²) >= 11 is 0. The first-order valence-electron chi connectivity index (χ1n) is 4.57. The number of carbonyl (C=O) groups is 1. The minimum absolute atomic E-state index is 0.0777. The molecule has 0 aliphatic carbocycles. The van der Waals surface area contributed by atoms with Gasteiger partial charge >= 0.3 is 5.97 Å². The van der Waals surface area contributed by atoms with Gasteiger partial charge in [0.15, 0.2) is 12.1 Å². The van der Waals surface area contributed by atoms with Crippen molar-refractivity contribution in [3.63, 3.8) is 0 Å². The van der Waals surface area contributed by atoms with Crippen molar-refractivity contribution < 1.29 is 18.7 Å². The van der Waals surface area contributed by atoms with Gasteiger partial charge in [0.25, 0.3) is 0 Å². The Balaban J connectivity index is 2.31. The zero-order chi connectivity index (χ0) is 11.5. The summed E-state index contributed by atoms with van der Waals surface area (Å²) in [5.41, 5.74) is 0.199. The van der Waals surface area contributed by atoms with Crippen LogP contribution in [0.15, 0.2) is 35.1 Å². The molecule has 0 amide bonds. The van der Waals surface area contributed by atoms with Crippen molar-refractivity contribution in [3.8, 4) is 0 Å². The molecule has 2 aromatic rings. The molecule has 1 heterocycles. The number of carboxylic acid groups (broad SMARTS) is 1. The lowest BCUT2D eigenvalue weighted by molar-refractivity contribution is 0.0689. The van der Waals surface area contributed by atoms with Crippen molar-refractivity contribution in [3.05, 3.63) is 53.5 Å². The van der Waals surface area contributed by atoms with Crippen molar-refractivity contribution in [2.45, 2.75) is 6.42 Å². The Bertz CT molecular complexity index is 521. The predicted molar refractivity (Wildman–Crippen MR) is 52.7 cm³/mol. The van der Waals surface area contributed by atoms with Crippen molar-refractivity contribution >= 4 is 5.97 Å². The summed E-state index contributed by atoms with van der Waals surface area (Å²) in [5, 5.41) is 8.79. The van der Waals surface area contributed by atoms with Crippen LogP contribution in [0.3, 0.4) is 0 Å². The maximum absolute atomic E-state index is 13.3. The van der Waals surface area contributed by atoms with E-state index >= 15 is 0 Å². The summed E-state index contributed by atoms with van der Waals surface area (Å²) in [5.74, 6) is -1.42. The van der Waals surface area contributed by atoms with Gasteiger partial charge in [0.1, 0.15) is 11.6 Å². The lowest BCUT2D eigenvalue weighted by atomic mass is 10.1. The molecule has 0 radical (unpaired) electrons. The molecule has 1 N–H and O–H groups in total.